The van der Waals surface area contributed by atoms with Crippen LogP contribution in [0.1, 0.15) is 66.7 Å². The Balaban J connectivity index is 1.61. The number of ether oxygens (including phenoxy) is 1. The van der Waals surface area contributed by atoms with E-state index < -0.39 is 9.84 Å². The monoisotopic (exact) mass is 535 g/mol. The number of ketones is 1. The van der Waals surface area contributed by atoms with Crippen molar-refractivity contribution in [3.05, 3.63) is 64.8 Å². The third-order valence-corrected chi connectivity index (χ3v) is 9.62. The minimum atomic E-state index is -3.60. The lowest BCUT2D eigenvalue weighted by Gasteiger charge is -2.26. The summed E-state index contributed by atoms with van der Waals surface area (Å²) in [5, 5.41) is 4.85. The largest absolute Gasteiger partial charge is 0.379 e. The zero-order valence-electron chi connectivity index (χ0n) is 22.6. The zero-order valence-corrected chi connectivity index (χ0v) is 23.4. The molecule has 0 aliphatic carbocycles. The summed E-state index contributed by atoms with van der Waals surface area (Å²) in [5.74, 6) is -0.424. The first-order valence-electron chi connectivity index (χ1n) is 13.7. The van der Waals surface area contributed by atoms with E-state index in [1.54, 1.807) is 4.68 Å². The van der Waals surface area contributed by atoms with E-state index in [1.165, 1.54) is 5.56 Å². The number of nitrogens with zero attached hydrogens (tertiary/aromatic N) is 3. The average Bonchev–Trinajstić information content (AvgIpc) is 3.28. The van der Waals surface area contributed by atoms with Crippen LogP contribution in [0, 0.1) is 12.8 Å². The molecule has 1 unspecified atom stereocenters. The Morgan fingerprint density at radius 3 is 2.50 bits per heavy atom. The van der Waals surface area contributed by atoms with E-state index in [4.69, 9.17) is 9.84 Å². The molecule has 8 heteroatoms. The Morgan fingerprint density at radius 1 is 1.08 bits per heavy atom. The predicted molar refractivity (Wildman–Crippen MR) is 148 cm³/mol. The van der Waals surface area contributed by atoms with Crippen molar-refractivity contribution in [1.29, 1.82) is 0 Å². The van der Waals surface area contributed by atoms with E-state index in [1.807, 2.05) is 44.2 Å². The molecule has 7 nitrogen and oxygen atoms in total. The lowest BCUT2D eigenvalue weighted by Crippen LogP contribution is -2.35. The van der Waals surface area contributed by atoms with Gasteiger partial charge in [0.1, 0.15) is 5.69 Å². The molecule has 0 N–H and O–H groups in total. The quantitative estimate of drug-likeness (QED) is 0.343. The van der Waals surface area contributed by atoms with Gasteiger partial charge in [0.05, 0.1) is 35.2 Å². The summed E-state index contributed by atoms with van der Waals surface area (Å²) < 4.78 is 34.2. The summed E-state index contributed by atoms with van der Waals surface area (Å²) in [4.78, 5) is 16.5. The molecule has 1 fully saturated rings. The summed E-state index contributed by atoms with van der Waals surface area (Å²) in [5.41, 5.74) is 4.89. The number of unbranched alkanes of at least 4 members (excludes halogenated alkanes) is 1. The van der Waals surface area contributed by atoms with Crippen LogP contribution >= 0.6 is 0 Å². The fourth-order valence-electron chi connectivity index (χ4n) is 5.69. The maximum Gasteiger partial charge on any atom is 0.186 e. The summed E-state index contributed by atoms with van der Waals surface area (Å²) in [6.07, 6.45) is 3.46. The molecule has 3 aromatic rings. The summed E-state index contributed by atoms with van der Waals surface area (Å²) in [7, 11) is -3.60. The molecule has 5 rings (SSSR count). The van der Waals surface area contributed by atoms with Crippen molar-refractivity contribution in [2.75, 3.05) is 26.3 Å². The highest BCUT2D eigenvalue weighted by Gasteiger charge is 2.38. The lowest BCUT2D eigenvalue weighted by molar-refractivity contribution is 0.0342. The number of morpholine rings is 1. The van der Waals surface area contributed by atoms with Crippen LogP contribution in [0.3, 0.4) is 0 Å². The molecule has 2 aliphatic heterocycles. The number of Topliss-reactive ketones (excluding diaryl/α,β-unsaturated/α-hetero) is 1. The first kappa shape index (κ1) is 26.8. The number of carbonyl (C=O) groups is 1. The molecule has 2 aliphatic rings. The van der Waals surface area contributed by atoms with E-state index in [2.05, 4.69) is 24.0 Å². The van der Waals surface area contributed by atoms with E-state index in [0.717, 1.165) is 57.8 Å². The van der Waals surface area contributed by atoms with E-state index >= 15 is 0 Å². The number of hydrogen-bond donors (Lipinski definition) is 0. The maximum atomic E-state index is 13.8. The Bertz CT molecular complexity index is 1420. The standard InChI is InChI=1S/C30H37N3O4S/c1-4-6-9-23(5-2)29(34)27-26-20-38(35,36)30-21(3)8-7-10-25(30)28(26)33(31-27)24-13-11-22(12-14-24)19-32-15-17-37-18-16-32/h7-8,10-14,23H,4-6,9,15-20H2,1-3H3. The van der Waals surface area contributed by atoms with Crippen molar-refractivity contribution >= 4 is 15.6 Å². The fraction of sp³-hybridized carbons (Fsp3) is 0.467. The van der Waals surface area contributed by atoms with Crippen molar-refractivity contribution < 1.29 is 17.9 Å². The molecule has 202 valence electrons. The van der Waals surface area contributed by atoms with Gasteiger partial charge in [0, 0.05) is 36.7 Å². The van der Waals surface area contributed by atoms with Gasteiger partial charge in [-0.3, -0.25) is 9.69 Å². The van der Waals surface area contributed by atoms with E-state index in [0.29, 0.717) is 39.4 Å². The Hall–Kier alpha value is -2.81. The molecule has 3 heterocycles. The highest BCUT2D eigenvalue weighted by molar-refractivity contribution is 7.91. The van der Waals surface area contributed by atoms with Gasteiger partial charge in [-0.05, 0) is 43.0 Å². The van der Waals surface area contributed by atoms with Gasteiger partial charge in [-0.25, -0.2) is 13.1 Å². The molecule has 0 amide bonds. The Labute approximate surface area is 225 Å². The number of aromatic nitrogens is 2. The van der Waals surface area contributed by atoms with Crippen molar-refractivity contribution in [3.8, 4) is 16.9 Å². The van der Waals surface area contributed by atoms with Crippen molar-refractivity contribution in [2.45, 2.75) is 63.6 Å². The topological polar surface area (TPSA) is 81.5 Å². The SMILES string of the molecule is CCCCC(CC)C(=O)c1nn(-c2ccc(CN3CCOCC3)cc2)c2c1CS(=O)(=O)c1c(C)cccc1-2. The van der Waals surface area contributed by atoms with Gasteiger partial charge < -0.3 is 4.74 Å². The van der Waals surface area contributed by atoms with Crippen LogP contribution in [-0.4, -0.2) is 55.2 Å². The third-order valence-electron chi connectivity index (χ3n) is 7.79. The van der Waals surface area contributed by atoms with E-state index in [-0.39, 0.29) is 17.5 Å². The van der Waals surface area contributed by atoms with Gasteiger partial charge in [0.2, 0.25) is 0 Å². The number of benzene rings is 2. The zero-order chi connectivity index (χ0) is 26.9. The molecule has 0 bridgehead atoms. The van der Waals surface area contributed by atoms with Crippen LogP contribution in [0.25, 0.3) is 16.9 Å². The minimum absolute atomic E-state index is 0.0498. The first-order chi connectivity index (χ1) is 18.3. The summed E-state index contributed by atoms with van der Waals surface area (Å²) in [6.45, 7) is 10.2. The van der Waals surface area contributed by atoms with Crippen molar-refractivity contribution in [1.82, 2.24) is 14.7 Å². The maximum absolute atomic E-state index is 13.8. The van der Waals surface area contributed by atoms with Gasteiger partial charge in [0.15, 0.2) is 15.6 Å². The van der Waals surface area contributed by atoms with Crippen LogP contribution in [0.15, 0.2) is 47.4 Å². The lowest BCUT2D eigenvalue weighted by atomic mass is 9.91. The van der Waals surface area contributed by atoms with Gasteiger partial charge in [-0.2, -0.15) is 5.10 Å². The molecule has 1 atom stereocenters. The van der Waals surface area contributed by atoms with Gasteiger partial charge in [-0.15, -0.1) is 0 Å². The van der Waals surface area contributed by atoms with Gasteiger partial charge in [-0.1, -0.05) is 57.0 Å². The van der Waals surface area contributed by atoms with Gasteiger partial charge in [0.25, 0.3) is 0 Å². The van der Waals surface area contributed by atoms with E-state index in [9.17, 15) is 13.2 Å². The molecule has 38 heavy (non-hydrogen) atoms. The molecule has 0 radical (unpaired) electrons. The number of rotatable bonds is 9. The highest BCUT2D eigenvalue weighted by Crippen LogP contribution is 2.42. The summed E-state index contributed by atoms with van der Waals surface area (Å²) in [6, 6.07) is 13.8. The van der Waals surface area contributed by atoms with Crippen LogP contribution in [-0.2, 0) is 26.9 Å². The number of aryl methyl sites for hydroxylation is 1. The number of sulfone groups is 1. The first-order valence-corrected chi connectivity index (χ1v) is 15.4. The molecule has 0 saturated carbocycles. The fourth-order valence-corrected chi connectivity index (χ4v) is 7.54. The normalized spacial score (nSPS) is 17.6. The number of carbonyl (C=O) groups excluding carboxylic acids is 1. The summed E-state index contributed by atoms with van der Waals surface area (Å²) >= 11 is 0. The molecule has 1 aromatic heterocycles. The smallest absolute Gasteiger partial charge is 0.186 e. The second-order valence-electron chi connectivity index (χ2n) is 10.5. The third kappa shape index (κ3) is 5.09. The second-order valence-corrected chi connectivity index (χ2v) is 12.4. The van der Waals surface area contributed by atoms with Crippen LogP contribution in [0.2, 0.25) is 0 Å². The minimum Gasteiger partial charge on any atom is -0.379 e. The van der Waals surface area contributed by atoms with Crippen molar-refractivity contribution in [2.24, 2.45) is 5.92 Å². The average molecular weight is 536 g/mol. The van der Waals surface area contributed by atoms with Crippen LogP contribution < -0.4 is 0 Å². The molecular formula is C30H37N3O4S. The number of fused-ring (bicyclic) bond motifs is 3. The molecule has 0 spiro atoms. The van der Waals surface area contributed by atoms with Crippen LogP contribution in [0.4, 0.5) is 0 Å². The Morgan fingerprint density at radius 2 is 1.82 bits per heavy atom. The second kappa shape index (κ2) is 11.1. The molecular weight excluding hydrogens is 498 g/mol. The predicted octanol–water partition coefficient (Wildman–Crippen LogP) is 5.37. The number of hydrogen-bond acceptors (Lipinski definition) is 6. The van der Waals surface area contributed by atoms with Gasteiger partial charge >= 0.3 is 0 Å². The highest BCUT2D eigenvalue weighted by atomic mass is 32.2. The molecule has 2 aromatic carbocycles. The Kier molecular flexibility index (Phi) is 7.84. The van der Waals surface area contributed by atoms with Crippen molar-refractivity contribution in [3.63, 3.8) is 0 Å². The van der Waals surface area contributed by atoms with Crippen LogP contribution in [0.5, 0.6) is 0 Å². The molecule has 1 saturated heterocycles.